The van der Waals surface area contributed by atoms with Gasteiger partial charge in [-0.05, 0) is 57.8 Å². The number of hydrogen-bond acceptors (Lipinski definition) is 3. The third kappa shape index (κ3) is 3.70. The second-order valence-corrected chi connectivity index (χ2v) is 8.36. The lowest BCUT2D eigenvalue weighted by atomic mass is 9.62. The van der Waals surface area contributed by atoms with Gasteiger partial charge in [-0.1, -0.05) is 13.8 Å². The number of rotatable bonds is 0. The summed E-state index contributed by atoms with van der Waals surface area (Å²) in [4.78, 5) is 14.4. The van der Waals surface area contributed by atoms with Crippen molar-refractivity contribution in [3.63, 3.8) is 0 Å². The molecule has 0 N–H and O–H groups in total. The second-order valence-electron chi connectivity index (χ2n) is 8.36. The highest BCUT2D eigenvalue weighted by atomic mass is 16.6. The Bertz CT molecular complexity index is 445. The van der Waals surface area contributed by atoms with Crippen LogP contribution in [0.4, 0.5) is 4.79 Å². The summed E-state index contributed by atoms with van der Waals surface area (Å²) in [6.07, 6.45) is 3.71. The van der Waals surface area contributed by atoms with Gasteiger partial charge in [-0.25, -0.2) is 4.79 Å². The van der Waals surface area contributed by atoms with Gasteiger partial charge in [0.25, 0.3) is 0 Å². The Hall–Kier alpha value is -1.24. The number of amides is 1. The zero-order valence-electron chi connectivity index (χ0n) is 14.0. The van der Waals surface area contributed by atoms with Gasteiger partial charge < -0.3 is 9.64 Å². The van der Waals surface area contributed by atoms with E-state index in [2.05, 4.69) is 19.9 Å². The smallest absolute Gasteiger partial charge is 0.410 e. The highest BCUT2D eigenvalue weighted by Crippen LogP contribution is 2.47. The van der Waals surface area contributed by atoms with E-state index in [9.17, 15) is 10.1 Å². The molecule has 0 radical (unpaired) electrons. The van der Waals surface area contributed by atoms with E-state index >= 15 is 0 Å². The van der Waals surface area contributed by atoms with Crippen molar-refractivity contribution in [3.8, 4) is 6.07 Å². The van der Waals surface area contributed by atoms with Crippen molar-refractivity contribution in [2.75, 3.05) is 6.54 Å². The topological polar surface area (TPSA) is 53.3 Å². The van der Waals surface area contributed by atoms with Gasteiger partial charge in [0, 0.05) is 12.6 Å². The molecule has 0 bridgehead atoms. The maximum atomic E-state index is 12.5. The summed E-state index contributed by atoms with van der Waals surface area (Å²) in [6, 6.07) is 2.64. The van der Waals surface area contributed by atoms with E-state index in [4.69, 9.17) is 4.74 Å². The molecule has 3 unspecified atom stereocenters. The monoisotopic (exact) mass is 292 g/mol. The van der Waals surface area contributed by atoms with Crippen LogP contribution in [0.1, 0.15) is 60.3 Å². The van der Waals surface area contributed by atoms with Crippen LogP contribution in [0.25, 0.3) is 0 Å². The zero-order chi connectivity index (χ0) is 15.8. The average molecular weight is 292 g/mol. The van der Waals surface area contributed by atoms with Crippen LogP contribution in [0.15, 0.2) is 0 Å². The van der Waals surface area contributed by atoms with Gasteiger partial charge in [-0.15, -0.1) is 0 Å². The van der Waals surface area contributed by atoms with Crippen LogP contribution in [0.5, 0.6) is 0 Å². The normalized spacial score (nSPS) is 32.0. The largest absolute Gasteiger partial charge is 0.444 e. The minimum Gasteiger partial charge on any atom is -0.444 e. The fourth-order valence-corrected chi connectivity index (χ4v) is 3.90. The Morgan fingerprint density at radius 2 is 2.00 bits per heavy atom. The van der Waals surface area contributed by atoms with E-state index in [1.165, 1.54) is 0 Å². The Balaban J connectivity index is 2.20. The van der Waals surface area contributed by atoms with Crippen molar-refractivity contribution in [2.24, 2.45) is 17.3 Å². The first-order chi connectivity index (χ1) is 9.63. The standard InChI is InChI=1S/C17H28N2O2/c1-16(2,3)21-15(20)19-8-6-7-13-12(11-18)9-17(4,5)10-14(13)19/h12-14H,6-10H2,1-5H3. The van der Waals surface area contributed by atoms with E-state index in [0.717, 1.165) is 32.2 Å². The first kappa shape index (κ1) is 16.1. The molecule has 1 amide bonds. The van der Waals surface area contributed by atoms with Crippen molar-refractivity contribution in [2.45, 2.75) is 71.9 Å². The number of nitrogens with zero attached hydrogens (tertiary/aromatic N) is 2. The number of piperidine rings is 1. The highest BCUT2D eigenvalue weighted by Gasteiger charge is 2.47. The molecular formula is C17H28N2O2. The molecule has 1 heterocycles. The SMILES string of the molecule is CC1(C)CC(C#N)C2CCCN(C(=O)OC(C)(C)C)C2C1. The number of carbonyl (C=O) groups excluding carboxylic acids is 1. The van der Waals surface area contributed by atoms with Crippen LogP contribution in [0.2, 0.25) is 0 Å². The number of carbonyl (C=O) groups is 1. The van der Waals surface area contributed by atoms with Crippen LogP contribution in [-0.4, -0.2) is 29.2 Å². The van der Waals surface area contributed by atoms with Gasteiger partial charge in [0.15, 0.2) is 0 Å². The third-order valence-corrected chi connectivity index (χ3v) is 4.68. The van der Waals surface area contributed by atoms with Crippen molar-refractivity contribution in [1.29, 1.82) is 5.26 Å². The maximum absolute atomic E-state index is 12.5. The molecule has 1 saturated carbocycles. The summed E-state index contributed by atoms with van der Waals surface area (Å²) in [5.41, 5.74) is -0.359. The van der Waals surface area contributed by atoms with Crippen molar-refractivity contribution in [3.05, 3.63) is 0 Å². The number of likely N-dealkylation sites (tertiary alicyclic amines) is 1. The summed E-state index contributed by atoms with van der Waals surface area (Å²) in [7, 11) is 0. The molecule has 3 atom stereocenters. The summed E-state index contributed by atoms with van der Waals surface area (Å²) >= 11 is 0. The van der Waals surface area contributed by atoms with Crippen molar-refractivity contribution >= 4 is 6.09 Å². The third-order valence-electron chi connectivity index (χ3n) is 4.68. The minimum absolute atomic E-state index is 0.0592. The predicted molar refractivity (Wildman–Crippen MR) is 81.6 cm³/mol. The minimum atomic E-state index is -0.469. The molecule has 0 aromatic carbocycles. The molecule has 1 aliphatic heterocycles. The number of nitriles is 1. The fraction of sp³-hybridized carbons (Fsp3) is 0.882. The quantitative estimate of drug-likeness (QED) is 0.679. The zero-order valence-corrected chi connectivity index (χ0v) is 14.0. The molecule has 1 saturated heterocycles. The lowest BCUT2D eigenvalue weighted by molar-refractivity contribution is -0.0317. The molecule has 1 aliphatic carbocycles. The molecule has 2 aliphatic rings. The van der Waals surface area contributed by atoms with E-state index in [0.29, 0.717) is 5.92 Å². The predicted octanol–water partition coefficient (Wildman–Crippen LogP) is 3.96. The van der Waals surface area contributed by atoms with Crippen molar-refractivity contribution in [1.82, 2.24) is 4.90 Å². The molecule has 21 heavy (non-hydrogen) atoms. The molecular weight excluding hydrogens is 264 g/mol. The first-order valence-corrected chi connectivity index (χ1v) is 8.02. The van der Waals surface area contributed by atoms with E-state index in [1.54, 1.807) is 0 Å². The van der Waals surface area contributed by atoms with E-state index in [1.807, 2.05) is 25.7 Å². The number of ether oxygens (including phenoxy) is 1. The van der Waals surface area contributed by atoms with Gasteiger partial charge >= 0.3 is 6.09 Å². The van der Waals surface area contributed by atoms with Gasteiger partial charge in [0.05, 0.1) is 12.0 Å². The maximum Gasteiger partial charge on any atom is 0.410 e. The van der Waals surface area contributed by atoms with Crippen LogP contribution < -0.4 is 0 Å². The van der Waals surface area contributed by atoms with Crippen LogP contribution in [0.3, 0.4) is 0 Å². The highest BCUT2D eigenvalue weighted by molar-refractivity contribution is 5.68. The van der Waals surface area contributed by atoms with Crippen molar-refractivity contribution < 1.29 is 9.53 Å². The molecule has 2 rings (SSSR count). The first-order valence-electron chi connectivity index (χ1n) is 8.02. The van der Waals surface area contributed by atoms with Crippen LogP contribution in [-0.2, 0) is 4.74 Å². The Kier molecular flexibility index (Phi) is 4.24. The Morgan fingerprint density at radius 1 is 1.33 bits per heavy atom. The fourth-order valence-electron chi connectivity index (χ4n) is 3.90. The lowest BCUT2D eigenvalue weighted by Crippen LogP contribution is -2.55. The molecule has 4 heteroatoms. The van der Waals surface area contributed by atoms with Crippen LogP contribution in [0, 0.1) is 28.6 Å². The molecule has 0 spiro atoms. The van der Waals surface area contributed by atoms with Gasteiger partial charge in [0.2, 0.25) is 0 Å². The molecule has 2 fully saturated rings. The second kappa shape index (κ2) is 5.51. The van der Waals surface area contributed by atoms with Gasteiger partial charge in [-0.2, -0.15) is 5.26 Å². The number of hydrogen-bond donors (Lipinski definition) is 0. The molecule has 0 aromatic heterocycles. The molecule has 118 valence electrons. The Morgan fingerprint density at radius 3 is 2.57 bits per heavy atom. The number of fused-ring (bicyclic) bond motifs is 1. The summed E-state index contributed by atoms with van der Waals surface area (Å²) in [5, 5.41) is 9.49. The average Bonchev–Trinajstić information content (AvgIpc) is 2.33. The summed E-state index contributed by atoms with van der Waals surface area (Å²) < 4.78 is 5.57. The van der Waals surface area contributed by atoms with Gasteiger partial charge in [0.1, 0.15) is 5.60 Å². The lowest BCUT2D eigenvalue weighted by Gasteiger charge is -2.50. The Labute approximate surface area is 128 Å². The molecule has 4 nitrogen and oxygen atoms in total. The van der Waals surface area contributed by atoms with Gasteiger partial charge in [-0.3, -0.25) is 0 Å². The summed E-state index contributed by atoms with van der Waals surface area (Å²) in [5.74, 6) is 0.369. The molecule has 0 aromatic rings. The summed E-state index contributed by atoms with van der Waals surface area (Å²) in [6.45, 7) is 10.9. The van der Waals surface area contributed by atoms with E-state index < -0.39 is 5.60 Å². The van der Waals surface area contributed by atoms with E-state index in [-0.39, 0.29) is 23.5 Å². The van der Waals surface area contributed by atoms with Crippen LogP contribution >= 0.6 is 0 Å².